The highest BCUT2D eigenvalue weighted by Crippen LogP contribution is 2.29. The number of aromatic nitrogens is 3. The third-order valence-corrected chi connectivity index (χ3v) is 5.20. The van der Waals surface area contributed by atoms with Crippen LogP contribution in [0, 0.1) is 0 Å². The monoisotopic (exact) mass is 345 g/mol. The van der Waals surface area contributed by atoms with Crippen molar-refractivity contribution in [3.8, 4) is 0 Å². The summed E-state index contributed by atoms with van der Waals surface area (Å²) in [6.07, 6.45) is 8.98. The van der Waals surface area contributed by atoms with E-state index in [1.807, 2.05) is 12.4 Å². The summed E-state index contributed by atoms with van der Waals surface area (Å²) >= 11 is 0. The largest absolute Gasteiger partial charge is 0.394 e. The molecule has 136 valence electrons. The highest BCUT2D eigenvalue weighted by Gasteiger charge is 2.35. The second kappa shape index (κ2) is 7.49. The van der Waals surface area contributed by atoms with Gasteiger partial charge < -0.3 is 10.4 Å². The van der Waals surface area contributed by atoms with Gasteiger partial charge in [0.2, 0.25) is 0 Å². The van der Waals surface area contributed by atoms with Gasteiger partial charge in [-0.15, -0.1) is 0 Å². The first-order valence-corrected chi connectivity index (χ1v) is 9.09. The Bertz CT molecular complexity index is 732. The number of nitrogens with one attached hydrogen (secondary N) is 1. The summed E-state index contributed by atoms with van der Waals surface area (Å²) in [5.41, 5.74) is 1.57. The van der Waals surface area contributed by atoms with Gasteiger partial charge in [0.1, 0.15) is 5.56 Å². The zero-order valence-corrected chi connectivity index (χ0v) is 15.0. The zero-order valence-electron chi connectivity index (χ0n) is 15.0. The van der Waals surface area contributed by atoms with Crippen molar-refractivity contribution < 1.29 is 9.90 Å². The topological polar surface area (TPSA) is 82.8 Å². The summed E-state index contributed by atoms with van der Waals surface area (Å²) in [5, 5.41) is 17.0. The number of carbonyl (C=O) groups excluding carboxylic acids is 1. The van der Waals surface area contributed by atoms with Gasteiger partial charge in [-0.25, -0.2) is 9.50 Å². The van der Waals surface area contributed by atoms with E-state index in [9.17, 15) is 9.90 Å². The van der Waals surface area contributed by atoms with Gasteiger partial charge in [0, 0.05) is 24.5 Å². The van der Waals surface area contributed by atoms with E-state index in [4.69, 9.17) is 0 Å². The normalized spacial score (nSPS) is 16.6. The minimum atomic E-state index is -0.492. The molecule has 1 aliphatic rings. The van der Waals surface area contributed by atoms with Crippen LogP contribution in [0.2, 0.25) is 0 Å². The van der Waals surface area contributed by atoms with Crippen molar-refractivity contribution in [2.45, 2.75) is 51.6 Å². The Kier molecular flexibility index (Phi) is 5.34. The second-order valence-corrected chi connectivity index (χ2v) is 6.85. The summed E-state index contributed by atoms with van der Waals surface area (Å²) in [6, 6.07) is 0. The Morgan fingerprint density at radius 2 is 2.04 bits per heavy atom. The van der Waals surface area contributed by atoms with Crippen LogP contribution in [0.15, 0.2) is 18.6 Å². The van der Waals surface area contributed by atoms with Crippen molar-refractivity contribution in [1.82, 2.24) is 24.8 Å². The number of fused-ring (bicyclic) bond motifs is 1. The van der Waals surface area contributed by atoms with E-state index in [-0.39, 0.29) is 12.5 Å². The molecule has 1 amide bonds. The van der Waals surface area contributed by atoms with Crippen LogP contribution in [0.1, 0.15) is 55.5 Å². The molecule has 3 rings (SSSR count). The maximum absolute atomic E-state index is 12.7. The number of aliphatic hydroxyl groups is 1. The summed E-state index contributed by atoms with van der Waals surface area (Å²) in [7, 11) is 0. The van der Waals surface area contributed by atoms with E-state index in [0.29, 0.717) is 11.2 Å². The molecule has 0 spiro atoms. The van der Waals surface area contributed by atoms with Gasteiger partial charge in [-0.3, -0.25) is 9.69 Å². The molecule has 0 unspecified atom stereocenters. The Labute approximate surface area is 148 Å². The van der Waals surface area contributed by atoms with Crippen molar-refractivity contribution >= 4 is 11.6 Å². The van der Waals surface area contributed by atoms with E-state index in [2.05, 4.69) is 34.1 Å². The number of amides is 1. The number of rotatable bonds is 7. The standard InChI is InChI=1S/C18H27N5O2/c1-3-22(4-2)11-14-9-19-16-15(10-20-23(16)12-14)17(25)21-18(13-24)7-5-6-8-18/h9-10,12,24H,3-8,11,13H2,1-2H3,(H,21,25). The maximum atomic E-state index is 12.7. The number of carbonyl (C=O) groups is 1. The van der Waals surface area contributed by atoms with E-state index in [1.165, 1.54) is 0 Å². The van der Waals surface area contributed by atoms with Crippen molar-refractivity contribution in [3.05, 3.63) is 29.7 Å². The molecule has 2 heterocycles. The predicted octanol–water partition coefficient (Wildman–Crippen LogP) is 1.61. The SMILES string of the molecule is CCN(CC)Cc1cnc2c(C(=O)NC3(CO)CCCC3)cnn2c1. The third-order valence-electron chi connectivity index (χ3n) is 5.20. The average Bonchev–Trinajstić information content (AvgIpc) is 3.26. The molecule has 7 heteroatoms. The average molecular weight is 345 g/mol. The van der Waals surface area contributed by atoms with Gasteiger partial charge in [-0.05, 0) is 25.9 Å². The molecule has 0 aromatic carbocycles. The lowest BCUT2D eigenvalue weighted by Crippen LogP contribution is -2.49. The Hall–Kier alpha value is -1.99. The van der Waals surface area contributed by atoms with Gasteiger partial charge in [0.05, 0.1) is 18.3 Å². The molecule has 0 aliphatic heterocycles. The van der Waals surface area contributed by atoms with E-state index < -0.39 is 5.54 Å². The van der Waals surface area contributed by atoms with Gasteiger partial charge in [-0.1, -0.05) is 26.7 Å². The van der Waals surface area contributed by atoms with Gasteiger partial charge >= 0.3 is 0 Å². The molecule has 0 bridgehead atoms. The van der Waals surface area contributed by atoms with Crippen molar-refractivity contribution in [3.63, 3.8) is 0 Å². The summed E-state index contributed by atoms with van der Waals surface area (Å²) in [4.78, 5) is 19.4. The highest BCUT2D eigenvalue weighted by atomic mass is 16.3. The Morgan fingerprint density at radius 3 is 2.68 bits per heavy atom. The molecule has 2 aromatic rings. The van der Waals surface area contributed by atoms with Crippen LogP contribution in [0.25, 0.3) is 5.65 Å². The summed E-state index contributed by atoms with van der Waals surface area (Å²) in [5.74, 6) is -0.213. The van der Waals surface area contributed by atoms with Crippen molar-refractivity contribution in [2.75, 3.05) is 19.7 Å². The van der Waals surface area contributed by atoms with Gasteiger partial charge in [0.15, 0.2) is 5.65 Å². The molecule has 1 fully saturated rings. The van der Waals surface area contributed by atoms with Gasteiger partial charge in [0.25, 0.3) is 5.91 Å². The summed E-state index contributed by atoms with van der Waals surface area (Å²) < 4.78 is 1.66. The minimum Gasteiger partial charge on any atom is -0.394 e. The van der Waals surface area contributed by atoms with Crippen molar-refractivity contribution in [2.24, 2.45) is 0 Å². The molecule has 2 aromatic heterocycles. The molecule has 2 N–H and O–H groups in total. The first-order valence-electron chi connectivity index (χ1n) is 9.09. The number of hydrogen-bond donors (Lipinski definition) is 2. The Morgan fingerprint density at radius 1 is 1.32 bits per heavy atom. The van der Waals surface area contributed by atoms with Crippen LogP contribution in [0.4, 0.5) is 0 Å². The first-order chi connectivity index (χ1) is 12.1. The fourth-order valence-electron chi connectivity index (χ4n) is 3.54. The van der Waals surface area contributed by atoms with E-state index >= 15 is 0 Å². The lowest BCUT2D eigenvalue weighted by atomic mass is 9.98. The number of aliphatic hydroxyl groups excluding tert-OH is 1. The first kappa shape index (κ1) is 17.8. The molecule has 7 nitrogen and oxygen atoms in total. The Balaban J connectivity index is 1.79. The lowest BCUT2D eigenvalue weighted by molar-refractivity contribution is 0.0840. The minimum absolute atomic E-state index is 0.0284. The number of nitrogens with zero attached hydrogens (tertiary/aromatic N) is 4. The van der Waals surface area contributed by atoms with Crippen LogP contribution in [-0.2, 0) is 6.54 Å². The second-order valence-electron chi connectivity index (χ2n) is 6.85. The van der Waals surface area contributed by atoms with Crippen LogP contribution in [-0.4, -0.2) is 55.7 Å². The fourth-order valence-corrected chi connectivity index (χ4v) is 3.54. The predicted molar refractivity (Wildman–Crippen MR) is 95.4 cm³/mol. The van der Waals surface area contributed by atoms with Crippen LogP contribution >= 0.6 is 0 Å². The van der Waals surface area contributed by atoms with Gasteiger partial charge in [-0.2, -0.15) is 5.10 Å². The van der Waals surface area contributed by atoms with Crippen LogP contribution in [0.3, 0.4) is 0 Å². The molecule has 25 heavy (non-hydrogen) atoms. The van der Waals surface area contributed by atoms with Crippen molar-refractivity contribution in [1.29, 1.82) is 0 Å². The third kappa shape index (κ3) is 3.67. The highest BCUT2D eigenvalue weighted by molar-refractivity contribution is 6.00. The zero-order chi connectivity index (χ0) is 17.9. The summed E-state index contributed by atoms with van der Waals surface area (Å²) in [6.45, 7) is 7.00. The molecule has 0 atom stereocenters. The smallest absolute Gasteiger partial charge is 0.257 e. The fraction of sp³-hybridized carbons (Fsp3) is 0.611. The molecule has 1 saturated carbocycles. The molecule has 0 saturated heterocycles. The van der Waals surface area contributed by atoms with E-state index in [0.717, 1.165) is 50.9 Å². The molecular weight excluding hydrogens is 318 g/mol. The van der Waals surface area contributed by atoms with Crippen LogP contribution in [0.5, 0.6) is 0 Å². The van der Waals surface area contributed by atoms with Crippen LogP contribution < -0.4 is 5.32 Å². The van der Waals surface area contributed by atoms with E-state index in [1.54, 1.807) is 10.7 Å². The quantitative estimate of drug-likeness (QED) is 0.796. The maximum Gasteiger partial charge on any atom is 0.257 e. The lowest BCUT2D eigenvalue weighted by Gasteiger charge is -2.27. The molecule has 1 aliphatic carbocycles. The molecule has 0 radical (unpaired) electrons. The number of hydrogen-bond acceptors (Lipinski definition) is 5. The molecular formula is C18H27N5O2.